The Labute approximate surface area is 216 Å². The first-order chi connectivity index (χ1) is 17.7. The zero-order valence-corrected chi connectivity index (χ0v) is 22.0. The first-order valence-corrected chi connectivity index (χ1v) is 15.0. The smallest absolute Gasteiger partial charge is 0.257 e. The number of fused-ring (bicyclic) bond motifs is 1. The van der Waals surface area contributed by atoms with Crippen LogP contribution < -0.4 is 16.3 Å². The maximum atomic E-state index is 6.21. The predicted octanol–water partition coefficient (Wildman–Crippen LogP) is 5.12. The van der Waals surface area contributed by atoms with Crippen molar-refractivity contribution in [2.24, 2.45) is 17.6 Å². The molecule has 3 aliphatic carbocycles. The van der Waals surface area contributed by atoms with E-state index in [0.29, 0.717) is 18.1 Å². The Hall–Kier alpha value is -1.77. The summed E-state index contributed by atoms with van der Waals surface area (Å²) in [7, 11) is 0. The fraction of sp³-hybridized carbons (Fsp3) is 0.821. The van der Waals surface area contributed by atoms with Crippen LogP contribution in [0.2, 0.25) is 0 Å². The molecular formula is C28H46N8. The lowest BCUT2D eigenvalue weighted by molar-refractivity contribution is 0.119. The van der Waals surface area contributed by atoms with E-state index in [-0.39, 0.29) is 0 Å². The van der Waals surface area contributed by atoms with E-state index in [1.165, 1.54) is 77.0 Å². The summed E-state index contributed by atoms with van der Waals surface area (Å²) in [6.45, 7) is 2.14. The maximum absolute atomic E-state index is 6.21. The molecule has 1 saturated heterocycles. The average Bonchev–Trinajstić information content (AvgIpc) is 3.59. The van der Waals surface area contributed by atoms with Crippen LogP contribution in [0.4, 0.5) is 5.95 Å². The Balaban J connectivity index is 1.19. The third kappa shape index (κ3) is 5.55. The van der Waals surface area contributed by atoms with Crippen LogP contribution in [0, 0.1) is 11.8 Å². The molecule has 0 spiro atoms. The Morgan fingerprint density at radius 3 is 2.28 bits per heavy atom. The summed E-state index contributed by atoms with van der Waals surface area (Å²) < 4.78 is 2.31. The monoisotopic (exact) mass is 494 g/mol. The second kappa shape index (κ2) is 11.3. The molecule has 4 fully saturated rings. The number of anilines is 1. The van der Waals surface area contributed by atoms with Gasteiger partial charge in [-0.1, -0.05) is 44.9 Å². The Bertz CT molecular complexity index is 963. The van der Waals surface area contributed by atoms with E-state index < -0.39 is 0 Å². The van der Waals surface area contributed by atoms with E-state index >= 15 is 0 Å². The number of imidazole rings is 1. The van der Waals surface area contributed by atoms with Crippen molar-refractivity contribution in [1.82, 2.24) is 30.0 Å². The standard InChI is InChI=1S/C28H46N8/c29-23-10-12-24(13-11-23)33-36(34-16-14-22(15-17-34)18-21-6-2-1-3-7-21)28-30-19-26-27(32-28)35(20-31-26)25-8-4-5-9-25/h19-25,33H,1-18,29H2. The van der Waals surface area contributed by atoms with Gasteiger partial charge in [0, 0.05) is 31.2 Å². The summed E-state index contributed by atoms with van der Waals surface area (Å²) in [6.07, 6.45) is 24.6. The number of nitrogens with one attached hydrogen (secondary N) is 1. The molecule has 6 rings (SSSR count). The van der Waals surface area contributed by atoms with Gasteiger partial charge in [0.25, 0.3) is 5.95 Å². The van der Waals surface area contributed by atoms with E-state index in [2.05, 4.69) is 25.1 Å². The molecule has 1 aliphatic heterocycles. The van der Waals surface area contributed by atoms with Crippen molar-refractivity contribution in [3.63, 3.8) is 0 Å². The van der Waals surface area contributed by atoms with Crippen LogP contribution in [0.3, 0.4) is 0 Å². The molecule has 198 valence electrons. The van der Waals surface area contributed by atoms with E-state index in [1.807, 2.05) is 12.5 Å². The van der Waals surface area contributed by atoms with Crippen molar-refractivity contribution in [2.75, 3.05) is 18.2 Å². The van der Waals surface area contributed by atoms with Crippen LogP contribution in [-0.4, -0.2) is 49.7 Å². The van der Waals surface area contributed by atoms with Gasteiger partial charge >= 0.3 is 0 Å². The van der Waals surface area contributed by atoms with E-state index in [0.717, 1.165) is 67.7 Å². The highest BCUT2D eigenvalue weighted by Gasteiger charge is 2.31. The summed E-state index contributed by atoms with van der Waals surface area (Å²) in [6, 6.07) is 1.29. The average molecular weight is 495 g/mol. The van der Waals surface area contributed by atoms with Crippen molar-refractivity contribution in [3.8, 4) is 0 Å². The zero-order valence-electron chi connectivity index (χ0n) is 22.0. The Morgan fingerprint density at radius 1 is 0.833 bits per heavy atom. The molecule has 0 amide bonds. The van der Waals surface area contributed by atoms with Crippen LogP contribution in [0.15, 0.2) is 12.5 Å². The normalized spacial score (nSPS) is 27.7. The maximum Gasteiger partial charge on any atom is 0.257 e. The van der Waals surface area contributed by atoms with E-state index in [4.69, 9.17) is 15.7 Å². The second-order valence-corrected chi connectivity index (χ2v) is 12.2. The van der Waals surface area contributed by atoms with Crippen LogP contribution in [0.1, 0.15) is 109 Å². The lowest BCUT2D eigenvalue weighted by Crippen LogP contribution is -2.58. The summed E-state index contributed by atoms with van der Waals surface area (Å²) in [5, 5.41) is 4.69. The minimum atomic E-state index is 0.348. The number of hydrogen-bond acceptors (Lipinski definition) is 7. The third-order valence-electron chi connectivity index (χ3n) is 9.55. The molecule has 0 bridgehead atoms. The molecular weight excluding hydrogens is 448 g/mol. The molecule has 0 aromatic carbocycles. The molecule has 3 heterocycles. The molecule has 0 unspecified atom stereocenters. The van der Waals surface area contributed by atoms with Crippen LogP contribution >= 0.6 is 0 Å². The van der Waals surface area contributed by atoms with Gasteiger partial charge in [-0.2, -0.15) is 4.98 Å². The number of piperidine rings is 1. The number of nitrogens with zero attached hydrogens (tertiary/aromatic N) is 6. The number of aromatic nitrogens is 4. The van der Waals surface area contributed by atoms with Gasteiger partial charge in [0.2, 0.25) is 0 Å². The fourth-order valence-corrected chi connectivity index (χ4v) is 7.31. The fourth-order valence-electron chi connectivity index (χ4n) is 7.31. The summed E-state index contributed by atoms with van der Waals surface area (Å²) >= 11 is 0. The minimum Gasteiger partial charge on any atom is -0.328 e. The highest BCUT2D eigenvalue weighted by Crippen LogP contribution is 2.34. The largest absolute Gasteiger partial charge is 0.328 e. The van der Waals surface area contributed by atoms with Gasteiger partial charge in [0.05, 0.1) is 12.5 Å². The van der Waals surface area contributed by atoms with Gasteiger partial charge < -0.3 is 10.3 Å². The highest BCUT2D eigenvalue weighted by atomic mass is 15.8. The molecule has 8 heteroatoms. The molecule has 8 nitrogen and oxygen atoms in total. The number of nitrogens with two attached hydrogens (primary N) is 1. The molecule has 3 N–H and O–H groups in total. The summed E-state index contributed by atoms with van der Waals surface area (Å²) in [5.41, 5.74) is 12.0. The molecule has 0 radical (unpaired) electrons. The van der Waals surface area contributed by atoms with E-state index in [9.17, 15) is 0 Å². The van der Waals surface area contributed by atoms with Gasteiger partial charge in [0.15, 0.2) is 5.65 Å². The van der Waals surface area contributed by atoms with Crippen molar-refractivity contribution < 1.29 is 0 Å². The minimum absolute atomic E-state index is 0.348. The quantitative estimate of drug-likeness (QED) is 0.517. The zero-order chi connectivity index (χ0) is 24.3. The molecule has 36 heavy (non-hydrogen) atoms. The van der Waals surface area contributed by atoms with Gasteiger partial charge in [-0.05, 0) is 69.6 Å². The number of hydrogen-bond donors (Lipinski definition) is 2. The second-order valence-electron chi connectivity index (χ2n) is 12.2. The van der Waals surface area contributed by atoms with Crippen LogP contribution in [-0.2, 0) is 0 Å². The Kier molecular flexibility index (Phi) is 7.72. The first kappa shape index (κ1) is 24.6. The van der Waals surface area contributed by atoms with Crippen molar-refractivity contribution in [2.45, 2.75) is 121 Å². The first-order valence-electron chi connectivity index (χ1n) is 15.0. The van der Waals surface area contributed by atoms with Crippen molar-refractivity contribution in [3.05, 3.63) is 12.5 Å². The number of hydrazine groups is 2. The number of rotatable bonds is 7. The lowest BCUT2D eigenvalue weighted by Gasteiger charge is -2.42. The van der Waals surface area contributed by atoms with Gasteiger partial charge in [-0.25, -0.2) is 25.5 Å². The van der Waals surface area contributed by atoms with Gasteiger partial charge in [-0.15, -0.1) is 0 Å². The van der Waals surface area contributed by atoms with Gasteiger partial charge in [-0.3, -0.25) is 0 Å². The summed E-state index contributed by atoms with van der Waals surface area (Å²) in [4.78, 5) is 14.6. The lowest BCUT2D eigenvalue weighted by atomic mass is 9.80. The Morgan fingerprint density at radius 2 is 1.53 bits per heavy atom. The van der Waals surface area contributed by atoms with Crippen molar-refractivity contribution >= 4 is 17.1 Å². The van der Waals surface area contributed by atoms with Crippen LogP contribution in [0.5, 0.6) is 0 Å². The van der Waals surface area contributed by atoms with Crippen LogP contribution in [0.25, 0.3) is 11.2 Å². The van der Waals surface area contributed by atoms with Gasteiger partial charge in [0.1, 0.15) is 5.52 Å². The molecule has 4 aliphatic rings. The molecule has 2 aromatic heterocycles. The SMILES string of the molecule is NC1CCC(NN(c2ncc3ncn(C4CCCC4)c3n2)N2CCC(CC3CCCCC3)CC2)CC1. The molecule has 0 atom stereocenters. The molecule has 3 saturated carbocycles. The molecule has 2 aromatic rings. The topological polar surface area (TPSA) is 88.1 Å². The third-order valence-corrected chi connectivity index (χ3v) is 9.55. The summed E-state index contributed by atoms with van der Waals surface area (Å²) in [5.74, 6) is 2.60. The van der Waals surface area contributed by atoms with Crippen molar-refractivity contribution in [1.29, 1.82) is 0 Å². The van der Waals surface area contributed by atoms with E-state index in [1.54, 1.807) is 0 Å². The predicted molar refractivity (Wildman–Crippen MR) is 144 cm³/mol. The highest BCUT2D eigenvalue weighted by molar-refractivity contribution is 5.71.